The molecule has 1 saturated heterocycles. The Morgan fingerprint density at radius 3 is 2.60 bits per heavy atom. The van der Waals surface area contributed by atoms with Crippen molar-refractivity contribution >= 4 is 27.9 Å². The number of amides is 1. The Morgan fingerprint density at radius 1 is 0.967 bits per heavy atom. The summed E-state index contributed by atoms with van der Waals surface area (Å²) in [6.07, 6.45) is 3.56. The molecule has 1 fully saturated rings. The van der Waals surface area contributed by atoms with Crippen molar-refractivity contribution in [3.63, 3.8) is 0 Å². The van der Waals surface area contributed by atoms with E-state index in [2.05, 4.69) is 65.6 Å². The zero-order valence-corrected chi connectivity index (χ0v) is 17.3. The summed E-state index contributed by atoms with van der Waals surface area (Å²) in [6.45, 7) is 3.26. The number of methoxy groups -OCH3 is 1. The molecule has 0 radical (unpaired) electrons. The van der Waals surface area contributed by atoms with Gasteiger partial charge in [-0.25, -0.2) is 0 Å². The Bertz CT molecular complexity index is 1120. The Labute approximate surface area is 177 Å². The number of carbonyl (C=O) groups excluding carboxylic acids is 1. The van der Waals surface area contributed by atoms with Crippen LogP contribution in [0.15, 0.2) is 66.7 Å². The largest absolute Gasteiger partial charge is 0.497 e. The van der Waals surface area contributed by atoms with Crippen LogP contribution in [-0.2, 0) is 11.2 Å². The zero-order valence-electron chi connectivity index (χ0n) is 17.3. The Balaban J connectivity index is 1.25. The summed E-state index contributed by atoms with van der Waals surface area (Å²) < 4.78 is 5.37. The third-order valence-corrected chi connectivity index (χ3v) is 6.31. The maximum atomic E-state index is 13.0. The van der Waals surface area contributed by atoms with Crippen molar-refractivity contribution in [3.8, 4) is 5.75 Å². The van der Waals surface area contributed by atoms with E-state index >= 15 is 0 Å². The number of ether oxygens (including phenoxy) is 1. The van der Waals surface area contributed by atoms with E-state index in [1.54, 1.807) is 7.11 Å². The first-order valence-corrected chi connectivity index (χ1v) is 10.6. The van der Waals surface area contributed by atoms with E-state index in [-0.39, 0.29) is 5.91 Å². The standard InChI is InChI=1S/C26H26N2O2/c1-30-22-12-11-20-9-10-21(24(20)18-22)17-26(29)28-15-13-27(14-16-28)25-8-4-6-19-5-2-3-7-23(19)25/h2-8,10-12,18H,9,13-17H2,1H3. The van der Waals surface area contributed by atoms with E-state index in [0.717, 1.165) is 49.5 Å². The maximum Gasteiger partial charge on any atom is 0.227 e. The van der Waals surface area contributed by atoms with E-state index in [0.29, 0.717) is 6.42 Å². The summed E-state index contributed by atoms with van der Waals surface area (Å²) in [4.78, 5) is 17.4. The summed E-state index contributed by atoms with van der Waals surface area (Å²) in [5.74, 6) is 1.06. The molecule has 1 amide bonds. The minimum atomic E-state index is 0.217. The number of benzene rings is 3. The number of anilines is 1. The van der Waals surface area contributed by atoms with E-state index in [9.17, 15) is 4.79 Å². The minimum absolute atomic E-state index is 0.217. The van der Waals surface area contributed by atoms with Crippen LogP contribution < -0.4 is 9.64 Å². The first-order chi connectivity index (χ1) is 14.7. The van der Waals surface area contributed by atoms with Gasteiger partial charge in [-0.2, -0.15) is 0 Å². The molecule has 0 saturated carbocycles. The van der Waals surface area contributed by atoms with Gasteiger partial charge in [0, 0.05) is 37.3 Å². The van der Waals surface area contributed by atoms with Gasteiger partial charge in [0.05, 0.1) is 13.5 Å². The van der Waals surface area contributed by atoms with Gasteiger partial charge in [0.2, 0.25) is 5.91 Å². The Hall–Kier alpha value is -3.27. The molecule has 3 aromatic rings. The van der Waals surface area contributed by atoms with Gasteiger partial charge in [-0.3, -0.25) is 4.79 Å². The molecule has 1 aliphatic heterocycles. The predicted molar refractivity (Wildman–Crippen MR) is 122 cm³/mol. The quantitative estimate of drug-likeness (QED) is 0.647. The van der Waals surface area contributed by atoms with Gasteiger partial charge in [0.1, 0.15) is 5.75 Å². The third-order valence-electron chi connectivity index (χ3n) is 6.31. The van der Waals surface area contributed by atoms with Crippen LogP contribution in [0.25, 0.3) is 16.3 Å². The fourth-order valence-corrected chi connectivity index (χ4v) is 4.63. The van der Waals surface area contributed by atoms with Crippen molar-refractivity contribution in [3.05, 3.63) is 77.9 Å². The fourth-order valence-electron chi connectivity index (χ4n) is 4.63. The van der Waals surface area contributed by atoms with Crippen LogP contribution in [0.2, 0.25) is 0 Å². The topological polar surface area (TPSA) is 32.8 Å². The normalized spacial score (nSPS) is 15.8. The van der Waals surface area contributed by atoms with Gasteiger partial charge < -0.3 is 14.5 Å². The monoisotopic (exact) mass is 398 g/mol. The predicted octanol–water partition coefficient (Wildman–Crippen LogP) is 4.53. The second-order valence-corrected chi connectivity index (χ2v) is 8.00. The van der Waals surface area contributed by atoms with Crippen LogP contribution in [0.3, 0.4) is 0 Å². The van der Waals surface area contributed by atoms with Crippen molar-refractivity contribution in [2.24, 2.45) is 0 Å². The Kier molecular flexibility index (Phi) is 4.91. The molecule has 4 nitrogen and oxygen atoms in total. The molecule has 0 spiro atoms. The zero-order chi connectivity index (χ0) is 20.5. The van der Waals surface area contributed by atoms with Gasteiger partial charge in [-0.05, 0) is 46.7 Å². The molecule has 0 unspecified atom stereocenters. The summed E-state index contributed by atoms with van der Waals surface area (Å²) in [5.41, 5.74) is 4.83. The molecule has 0 N–H and O–H groups in total. The summed E-state index contributed by atoms with van der Waals surface area (Å²) in [7, 11) is 1.68. The molecule has 3 aromatic carbocycles. The van der Waals surface area contributed by atoms with Gasteiger partial charge in [0.25, 0.3) is 0 Å². The minimum Gasteiger partial charge on any atom is -0.497 e. The van der Waals surface area contributed by atoms with Gasteiger partial charge >= 0.3 is 0 Å². The highest BCUT2D eigenvalue weighted by atomic mass is 16.5. The maximum absolute atomic E-state index is 13.0. The van der Waals surface area contributed by atoms with Crippen molar-refractivity contribution in [2.45, 2.75) is 12.8 Å². The molecule has 0 atom stereocenters. The second-order valence-electron chi connectivity index (χ2n) is 8.00. The number of rotatable bonds is 4. The van der Waals surface area contributed by atoms with E-state index in [1.165, 1.54) is 22.0 Å². The van der Waals surface area contributed by atoms with Crippen molar-refractivity contribution < 1.29 is 9.53 Å². The highest BCUT2D eigenvalue weighted by Gasteiger charge is 2.25. The number of piperazine rings is 1. The van der Waals surface area contributed by atoms with Crippen LogP contribution in [0.5, 0.6) is 5.75 Å². The number of hydrogen-bond acceptors (Lipinski definition) is 3. The molecule has 5 rings (SSSR count). The molecular formula is C26H26N2O2. The van der Waals surface area contributed by atoms with Gasteiger partial charge in [-0.15, -0.1) is 0 Å². The smallest absolute Gasteiger partial charge is 0.227 e. The number of fused-ring (bicyclic) bond motifs is 2. The molecule has 0 bridgehead atoms. The van der Waals surface area contributed by atoms with E-state index in [1.807, 2.05) is 11.0 Å². The molecule has 152 valence electrons. The molecule has 1 heterocycles. The lowest BCUT2D eigenvalue weighted by atomic mass is 10.0. The van der Waals surface area contributed by atoms with Gasteiger partial charge in [0.15, 0.2) is 0 Å². The summed E-state index contributed by atoms with van der Waals surface area (Å²) >= 11 is 0. The first kappa shape index (κ1) is 18.7. The number of nitrogens with zero attached hydrogens (tertiary/aromatic N) is 2. The molecule has 2 aliphatic rings. The molecular weight excluding hydrogens is 372 g/mol. The van der Waals surface area contributed by atoms with Crippen LogP contribution in [-0.4, -0.2) is 44.1 Å². The van der Waals surface area contributed by atoms with Crippen molar-refractivity contribution in [1.29, 1.82) is 0 Å². The molecule has 1 aliphatic carbocycles. The SMILES string of the molecule is COc1ccc2c(c1)C(CC(=O)N1CCN(c3cccc4ccccc34)CC1)=CC2. The van der Waals surface area contributed by atoms with Gasteiger partial charge in [-0.1, -0.05) is 48.5 Å². The fraction of sp³-hybridized carbons (Fsp3) is 0.269. The van der Waals surface area contributed by atoms with Crippen molar-refractivity contribution in [1.82, 2.24) is 4.90 Å². The summed E-state index contributed by atoms with van der Waals surface area (Å²) in [6, 6.07) is 21.1. The van der Waals surface area contributed by atoms with Crippen LogP contribution in [0, 0.1) is 0 Å². The number of hydrogen-bond donors (Lipinski definition) is 0. The Morgan fingerprint density at radius 2 is 1.77 bits per heavy atom. The average Bonchev–Trinajstić information content (AvgIpc) is 3.20. The number of allylic oxidation sites excluding steroid dienone is 1. The second kappa shape index (κ2) is 7.86. The summed E-state index contributed by atoms with van der Waals surface area (Å²) in [5, 5.41) is 2.54. The van der Waals surface area contributed by atoms with Crippen LogP contribution >= 0.6 is 0 Å². The average molecular weight is 399 g/mol. The lowest BCUT2D eigenvalue weighted by Crippen LogP contribution is -2.48. The van der Waals surface area contributed by atoms with Crippen LogP contribution in [0.4, 0.5) is 5.69 Å². The molecule has 0 aromatic heterocycles. The third kappa shape index (κ3) is 3.43. The first-order valence-electron chi connectivity index (χ1n) is 10.6. The lowest BCUT2D eigenvalue weighted by molar-refractivity contribution is -0.130. The highest BCUT2D eigenvalue weighted by molar-refractivity contribution is 5.95. The highest BCUT2D eigenvalue weighted by Crippen LogP contribution is 2.33. The van der Waals surface area contributed by atoms with Crippen LogP contribution in [0.1, 0.15) is 17.5 Å². The molecule has 30 heavy (non-hydrogen) atoms. The lowest BCUT2D eigenvalue weighted by Gasteiger charge is -2.36. The molecule has 4 heteroatoms. The number of carbonyl (C=O) groups is 1. The van der Waals surface area contributed by atoms with Crippen molar-refractivity contribution in [2.75, 3.05) is 38.2 Å². The van der Waals surface area contributed by atoms with E-state index in [4.69, 9.17) is 4.74 Å². The van der Waals surface area contributed by atoms with E-state index < -0.39 is 0 Å².